The van der Waals surface area contributed by atoms with E-state index < -0.39 is 18.2 Å². The van der Waals surface area contributed by atoms with Gasteiger partial charge in [0.15, 0.2) is 11.6 Å². The number of fused-ring (bicyclic) bond motifs is 2. The van der Waals surface area contributed by atoms with Gasteiger partial charge in [0.2, 0.25) is 5.91 Å². The number of ether oxygens (including phenoxy) is 2. The first-order valence-corrected chi connectivity index (χ1v) is 13.9. The van der Waals surface area contributed by atoms with Gasteiger partial charge < -0.3 is 25.2 Å². The summed E-state index contributed by atoms with van der Waals surface area (Å²) in [5.41, 5.74) is 1.08. The van der Waals surface area contributed by atoms with Gasteiger partial charge in [0.1, 0.15) is 5.75 Å². The topological polar surface area (TPSA) is 96.9 Å². The van der Waals surface area contributed by atoms with E-state index in [1.807, 2.05) is 0 Å². The minimum atomic E-state index is -2.56. The molecule has 0 aromatic heterocycles. The first-order chi connectivity index (χ1) is 19.2. The Morgan fingerprint density at radius 2 is 1.70 bits per heavy atom. The van der Waals surface area contributed by atoms with Crippen molar-refractivity contribution in [2.24, 2.45) is 23.7 Å². The molecule has 0 radical (unpaired) electrons. The Morgan fingerprint density at radius 1 is 1.00 bits per heavy atom. The molecular weight excluding hydrogens is 525 g/mol. The predicted octanol–water partition coefficient (Wildman–Crippen LogP) is 5.94. The number of alkyl halides is 2. The Balaban J connectivity index is 1.25. The van der Waals surface area contributed by atoms with Crippen molar-refractivity contribution < 1.29 is 37.3 Å². The van der Waals surface area contributed by atoms with E-state index in [1.54, 1.807) is 6.07 Å². The lowest BCUT2D eigenvalue weighted by Crippen LogP contribution is -2.45. The summed E-state index contributed by atoms with van der Waals surface area (Å²) in [5.74, 6) is -1.12. The molecule has 2 aromatic rings. The maximum atomic E-state index is 14.9. The number of amides is 1. The maximum Gasteiger partial charge on any atom is 0.306 e. The van der Waals surface area contributed by atoms with E-state index in [-0.39, 0.29) is 47.1 Å². The smallest absolute Gasteiger partial charge is 0.306 e. The molecule has 0 heterocycles. The summed E-state index contributed by atoms with van der Waals surface area (Å²) in [5, 5.41) is 15.7. The maximum absolute atomic E-state index is 14.9. The van der Waals surface area contributed by atoms with E-state index in [0.29, 0.717) is 55.1 Å². The van der Waals surface area contributed by atoms with E-state index in [2.05, 4.69) is 10.6 Å². The first kappa shape index (κ1) is 28.3. The van der Waals surface area contributed by atoms with Crippen LogP contribution in [0.4, 0.5) is 18.9 Å². The molecule has 1 amide bonds. The van der Waals surface area contributed by atoms with Crippen LogP contribution < -0.4 is 20.1 Å². The largest absolute Gasteiger partial charge is 0.496 e. The zero-order valence-corrected chi connectivity index (χ0v) is 22.4. The summed E-state index contributed by atoms with van der Waals surface area (Å²) < 4.78 is 52.0. The number of carbonyl (C=O) groups is 2. The third-order valence-corrected chi connectivity index (χ3v) is 8.83. The Hall–Kier alpha value is -3.27. The molecule has 10 heteroatoms. The molecule has 3 saturated carbocycles. The molecule has 3 fully saturated rings. The van der Waals surface area contributed by atoms with Gasteiger partial charge >= 0.3 is 5.97 Å². The predicted molar refractivity (Wildman–Crippen MR) is 142 cm³/mol. The van der Waals surface area contributed by atoms with Crippen molar-refractivity contribution in [1.29, 1.82) is 0 Å². The highest BCUT2D eigenvalue weighted by Gasteiger charge is 2.50. The van der Waals surface area contributed by atoms with Crippen molar-refractivity contribution in [3.63, 3.8) is 0 Å². The van der Waals surface area contributed by atoms with Crippen LogP contribution in [0.3, 0.4) is 0 Å². The van der Waals surface area contributed by atoms with Crippen LogP contribution in [0.1, 0.15) is 62.5 Å². The van der Waals surface area contributed by atoms with Crippen molar-refractivity contribution in [2.75, 3.05) is 12.4 Å². The van der Waals surface area contributed by atoms with E-state index in [1.165, 1.54) is 37.4 Å². The van der Waals surface area contributed by atoms with Crippen LogP contribution >= 0.6 is 0 Å². The van der Waals surface area contributed by atoms with Gasteiger partial charge in [-0.15, -0.1) is 0 Å². The van der Waals surface area contributed by atoms with Gasteiger partial charge in [-0.05, 0) is 75.0 Å². The number of rotatable bonds is 10. The molecule has 3 N–H and O–H groups in total. The minimum absolute atomic E-state index is 0.0930. The standard InChI is InChI=1S/C30H35F3N2O5/c1-39-24-14-23(31)25(40-22-10-6-17(7-11-22)30(37)38)13-20(24)15-34-27-19-3-2-18(12-19)26(27)29(36)35-21-8-4-16(5-9-21)28(32)33/h4-5,8-9,13-14,17-19,22,26-28,34H,2-3,6-7,10-12,15H2,1H3,(H,35,36)(H,37,38)/t17?,18-,19+,22?,26+,27-/m1/s1. The molecule has 0 aliphatic heterocycles. The first-order valence-electron chi connectivity index (χ1n) is 13.9. The lowest BCUT2D eigenvalue weighted by molar-refractivity contribution is -0.143. The van der Waals surface area contributed by atoms with E-state index >= 15 is 0 Å². The lowest BCUT2D eigenvalue weighted by Gasteiger charge is -2.31. The van der Waals surface area contributed by atoms with Crippen molar-refractivity contribution in [1.82, 2.24) is 5.32 Å². The number of halogens is 3. The van der Waals surface area contributed by atoms with Crippen molar-refractivity contribution >= 4 is 17.6 Å². The number of carboxylic acid groups (broad SMARTS) is 1. The molecule has 7 nitrogen and oxygen atoms in total. The fourth-order valence-corrected chi connectivity index (χ4v) is 6.73. The van der Waals surface area contributed by atoms with Gasteiger partial charge in [-0.3, -0.25) is 9.59 Å². The van der Waals surface area contributed by atoms with Crippen LogP contribution in [-0.2, 0) is 16.1 Å². The molecule has 3 aliphatic rings. The molecule has 5 rings (SSSR count). The van der Waals surface area contributed by atoms with Gasteiger partial charge in [0.05, 0.1) is 25.0 Å². The van der Waals surface area contributed by atoms with Gasteiger partial charge in [0, 0.05) is 35.5 Å². The highest BCUT2D eigenvalue weighted by Crippen LogP contribution is 2.49. The van der Waals surface area contributed by atoms with Crippen LogP contribution in [0.2, 0.25) is 0 Å². The second kappa shape index (κ2) is 12.1. The molecule has 0 unspecified atom stereocenters. The third kappa shape index (κ3) is 6.06. The number of carbonyl (C=O) groups excluding carboxylic acids is 1. The molecule has 0 spiro atoms. The second-order valence-corrected chi connectivity index (χ2v) is 11.2. The molecule has 4 atom stereocenters. The Kier molecular flexibility index (Phi) is 8.54. The van der Waals surface area contributed by atoms with Gasteiger partial charge in [-0.1, -0.05) is 12.1 Å². The molecule has 0 saturated heterocycles. The van der Waals surface area contributed by atoms with Gasteiger partial charge in [-0.2, -0.15) is 0 Å². The number of nitrogens with one attached hydrogen (secondary N) is 2. The Bertz CT molecular complexity index is 1220. The fraction of sp³-hybridized carbons (Fsp3) is 0.533. The molecule has 3 aliphatic carbocycles. The summed E-state index contributed by atoms with van der Waals surface area (Å²) in [4.78, 5) is 24.6. The average Bonchev–Trinajstić information content (AvgIpc) is 3.56. The number of benzene rings is 2. The molecule has 216 valence electrons. The minimum Gasteiger partial charge on any atom is -0.496 e. The number of hydrogen-bond donors (Lipinski definition) is 3. The van der Waals surface area contributed by atoms with Gasteiger partial charge in [-0.25, -0.2) is 13.2 Å². The van der Waals surface area contributed by atoms with Crippen LogP contribution in [0.15, 0.2) is 36.4 Å². The van der Waals surface area contributed by atoms with Crippen LogP contribution in [0, 0.1) is 29.5 Å². The SMILES string of the molecule is COc1cc(F)c(OC2CCC(C(=O)O)CC2)cc1CN[C@@H]1[C@H]2CC[C@H](C2)[C@@H]1C(=O)Nc1ccc(C(F)F)cc1. The van der Waals surface area contributed by atoms with Crippen LogP contribution in [0.5, 0.6) is 11.5 Å². The number of carboxylic acids is 1. The lowest BCUT2D eigenvalue weighted by atomic mass is 9.83. The van der Waals surface area contributed by atoms with Gasteiger partial charge in [0.25, 0.3) is 6.43 Å². The Labute approximate surface area is 231 Å². The van der Waals surface area contributed by atoms with E-state index in [4.69, 9.17) is 9.47 Å². The summed E-state index contributed by atoms with van der Waals surface area (Å²) in [6.45, 7) is 0.340. The quantitative estimate of drug-likeness (QED) is 0.333. The Morgan fingerprint density at radius 3 is 2.35 bits per heavy atom. The second-order valence-electron chi connectivity index (χ2n) is 11.2. The fourth-order valence-electron chi connectivity index (χ4n) is 6.73. The molecule has 2 aromatic carbocycles. The third-order valence-electron chi connectivity index (χ3n) is 8.83. The zero-order chi connectivity index (χ0) is 28.4. The van der Waals surface area contributed by atoms with E-state index in [9.17, 15) is 27.9 Å². The molecule has 40 heavy (non-hydrogen) atoms. The average molecular weight is 561 g/mol. The number of methoxy groups -OCH3 is 1. The zero-order valence-electron chi connectivity index (χ0n) is 22.4. The summed E-state index contributed by atoms with van der Waals surface area (Å²) in [6.07, 6.45) is 2.18. The summed E-state index contributed by atoms with van der Waals surface area (Å²) in [7, 11) is 1.47. The number of hydrogen-bond acceptors (Lipinski definition) is 5. The molecule has 2 bridgehead atoms. The monoisotopic (exact) mass is 560 g/mol. The molecular formula is C30H35F3N2O5. The normalized spacial score (nSPS) is 27.5. The number of aliphatic carboxylic acids is 1. The highest BCUT2D eigenvalue weighted by molar-refractivity contribution is 5.93. The van der Waals surface area contributed by atoms with Crippen molar-refractivity contribution in [3.05, 3.63) is 53.3 Å². The summed E-state index contributed by atoms with van der Waals surface area (Å²) in [6, 6.07) is 8.44. The van der Waals surface area contributed by atoms with Crippen molar-refractivity contribution in [3.8, 4) is 11.5 Å². The van der Waals surface area contributed by atoms with E-state index in [0.717, 1.165) is 19.3 Å². The van der Waals surface area contributed by atoms with Crippen LogP contribution in [0.25, 0.3) is 0 Å². The highest BCUT2D eigenvalue weighted by atomic mass is 19.3. The number of anilines is 1. The van der Waals surface area contributed by atoms with Crippen LogP contribution in [-0.4, -0.2) is 36.2 Å². The van der Waals surface area contributed by atoms with Crippen molar-refractivity contribution in [2.45, 2.75) is 70.1 Å². The summed E-state index contributed by atoms with van der Waals surface area (Å²) >= 11 is 0.